The van der Waals surface area contributed by atoms with Gasteiger partial charge in [-0.3, -0.25) is 4.79 Å². The van der Waals surface area contributed by atoms with E-state index in [9.17, 15) is 13.2 Å². The van der Waals surface area contributed by atoms with E-state index in [1.165, 1.54) is 0 Å². The van der Waals surface area contributed by atoms with Gasteiger partial charge in [0.05, 0.1) is 11.5 Å². The number of hydrogen-bond donors (Lipinski definition) is 1. The summed E-state index contributed by atoms with van der Waals surface area (Å²) in [6.07, 6.45) is 2.40. The van der Waals surface area contributed by atoms with Crippen molar-refractivity contribution in [2.24, 2.45) is 0 Å². The Bertz CT molecular complexity index is 537. The number of thioether (sulfide) groups is 1. The molecule has 108 valence electrons. The van der Waals surface area contributed by atoms with E-state index in [0.29, 0.717) is 11.7 Å². The van der Waals surface area contributed by atoms with Crippen molar-refractivity contribution < 1.29 is 18.3 Å². The molecular formula is C11H18N2O4S2. The third-order valence-electron chi connectivity index (χ3n) is 2.65. The van der Waals surface area contributed by atoms with Gasteiger partial charge >= 0.3 is 5.97 Å². The summed E-state index contributed by atoms with van der Waals surface area (Å²) in [6.45, 7) is 3.89. The summed E-state index contributed by atoms with van der Waals surface area (Å²) in [6, 6.07) is 0. The van der Waals surface area contributed by atoms with Gasteiger partial charge in [-0.05, 0) is 6.42 Å². The molecule has 0 fully saturated rings. The Labute approximate surface area is 117 Å². The van der Waals surface area contributed by atoms with Crippen LogP contribution in [-0.2, 0) is 27.6 Å². The lowest BCUT2D eigenvalue weighted by Crippen LogP contribution is -2.16. The van der Waals surface area contributed by atoms with E-state index < -0.39 is 15.8 Å². The lowest BCUT2D eigenvalue weighted by atomic mass is 10.4. The number of carboxylic acid groups (broad SMARTS) is 1. The van der Waals surface area contributed by atoms with E-state index in [1.807, 2.05) is 6.92 Å². The number of imidazole rings is 1. The smallest absolute Gasteiger partial charge is 0.313 e. The average Bonchev–Trinajstić information content (AvgIpc) is 2.76. The van der Waals surface area contributed by atoms with Crippen LogP contribution in [0.2, 0.25) is 0 Å². The second-order valence-electron chi connectivity index (χ2n) is 3.96. The molecule has 0 saturated carbocycles. The zero-order valence-electron chi connectivity index (χ0n) is 11.0. The first-order valence-corrected chi connectivity index (χ1v) is 8.79. The van der Waals surface area contributed by atoms with Crippen molar-refractivity contribution in [3.05, 3.63) is 11.9 Å². The van der Waals surface area contributed by atoms with E-state index in [4.69, 9.17) is 5.11 Å². The first-order valence-electron chi connectivity index (χ1n) is 5.99. The summed E-state index contributed by atoms with van der Waals surface area (Å²) in [5.74, 6) is -0.839. The molecule has 1 N–H and O–H groups in total. The fourth-order valence-electron chi connectivity index (χ4n) is 1.53. The van der Waals surface area contributed by atoms with E-state index in [1.54, 1.807) is 17.7 Å². The second-order valence-corrected chi connectivity index (χ2v) is 7.37. The maximum atomic E-state index is 11.5. The molecule has 0 bridgehead atoms. The molecule has 1 rings (SSSR count). The van der Waals surface area contributed by atoms with Crippen LogP contribution in [0.25, 0.3) is 0 Å². The summed E-state index contributed by atoms with van der Waals surface area (Å²) in [5, 5.41) is 9.23. The number of nitrogens with zero attached hydrogens (tertiary/aromatic N) is 2. The third kappa shape index (κ3) is 4.87. The molecule has 19 heavy (non-hydrogen) atoms. The van der Waals surface area contributed by atoms with Crippen LogP contribution in [0.4, 0.5) is 0 Å². The fraction of sp³-hybridized carbons (Fsp3) is 0.636. The lowest BCUT2D eigenvalue weighted by molar-refractivity contribution is -0.133. The minimum atomic E-state index is -3.04. The van der Waals surface area contributed by atoms with Gasteiger partial charge in [0.25, 0.3) is 0 Å². The second kappa shape index (κ2) is 6.95. The molecule has 1 aromatic rings. The van der Waals surface area contributed by atoms with Gasteiger partial charge in [0.15, 0.2) is 15.0 Å². The van der Waals surface area contributed by atoms with E-state index in [2.05, 4.69) is 4.98 Å². The lowest BCUT2D eigenvalue weighted by Gasteiger charge is -2.10. The summed E-state index contributed by atoms with van der Waals surface area (Å²) < 4.78 is 24.9. The largest absolute Gasteiger partial charge is 0.481 e. The van der Waals surface area contributed by atoms with Crippen LogP contribution in [0, 0.1) is 0 Å². The van der Waals surface area contributed by atoms with E-state index in [0.717, 1.165) is 23.9 Å². The molecule has 0 aromatic carbocycles. The Morgan fingerprint density at radius 2 is 2.16 bits per heavy atom. The predicted molar refractivity (Wildman–Crippen MR) is 74.3 cm³/mol. The van der Waals surface area contributed by atoms with Crippen molar-refractivity contribution in [1.29, 1.82) is 0 Å². The molecule has 0 aliphatic rings. The van der Waals surface area contributed by atoms with Crippen LogP contribution in [0.5, 0.6) is 0 Å². The van der Waals surface area contributed by atoms with Crippen LogP contribution >= 0.6 is 11.8 Å². The molecule has 1 heterocycles. The maximum Gasteiger partial charge on any atom is 0.313 e. The van der Waals surface area contributed by atoms with Gasteiger partial charge in [0.1, 0.15) is 0 Å². The highest BCUT2D eigenvalue weighted by atomic mass is 32.2. The minimum Gasteiger partial charge on any atom is -0.481 e. The number of sulfone groups is 1. The number of aromatic nitrogens is 2. The van der Waals surface area contributed by atoms with Crippen LogP contribution in [0.3, 0.4) is 0 Å². The molecule has 0 radical (unpaired) electrons. The van der Waals surface area contributed by atoms with Crippen molar-refractivity contribution in [3.8, 4) is 0 Å². The van der Waals surface area contributed by atoms with Crippen LogP contribution in [0.1, 0.15) is 19.5 Å². The Kier molecular flexibility index (Phi) is 5.86. The maximum absolute atomic E-state index is 11.5. The minimum absolute atomic E-state index is 0.0491. The number of carboxylic acids is 1. The molecule has 0 spiro atoms. The highest BCUT2D eigenvalue weighted by Gasteiger charge is 2.14. The Balaban J connectivity index is 2.84. The summed E-state index contributed by atoms with van der Waals surface area (Å²) in [7, 11) is -3.04. The zero-order valence-corrected chi connectivity index (χ0v) is 12.6. The van der Waals surface area contributed by atoms with Crippen molar-refractivity contribution in [2.45, 2.75) is 32.0 Å². The Morgan fingerprint density at radius 1 is 1.47 bits per heavy atom. The molecule has 8 heteroatoms. The van der Waals surface area contributed by atoms with Crippen molar-refractivity contribution in [2.75, 3.05) is 17.3 Å². The number of hydrogen-bond acceptors (Lipinski definition) is 5. The van der Waals surface area contributed by atoms with Crippen molar-refractivity contribution >= 4 is 27.6 Å². The van der Waals surface area contributed by atoms with Crippen LogP contribution in [-0.4, -0.2) is 46.3 Å². The topological polar surface area (TPSA) is 89.3 Å². The molecule has 0 saturated heterocycles. The number of carbonyl (C=O) groups is 1. The normalized spacial score (nSPS) is 11.7. The van der Waals surface area contributed by atoms with Gasteiger partial charge in [0, 0.05) is 24.2 Å². The number of aliphatic carboxylic acids is 1. The molecule has 0 unspecified atom stereocenters. The van der Waals surface area contributed by atoms with Gasteiger partial charge in [-0.2, -0.15) is 0 Å². The highest BCUT2D eigenvalue weighted by molar-refractivity contribution is 7.99. The Hall–Kier alpha value is -1.02. The number of aryl methyl sites for hydroxylation is 1. The Morgan fingerprint density at radius 3 is 2.68 bits per heavy atom. The molecule has 0 aliphatic carbocycles. The first-order chi connectivity index (χ1) is 8.89. The molecule has 1 aromatic heterocycles. The van der Waals surface area contributed by atoms with Gasteiger partial charge in [-0.25, -0.2) is 13.4 Å². The quantitative estimate of drug-likeness (QED) is 0.722. The van der Waals surface area contributed by atoms with Gasteiger partial charge in [0.2, 0.25) is 0 Å². The molecule has 6 nitrogen and oxygen atoms in total. The van der Waals surface area contributed by atoms with E-state index >= 15 is 0 Å². The molecule has 0 atom stereocenters. The zero-order chi connectivity index (χ0) is 14.5. The average molecular weight is 306 g/mol. The monoisotopic (exact) mass is 306 g/mol. The summed E-state index contributed by atoms with van der Waals surface area (Å²) in [4.78, 5) is 14.7. The third-order valence-corrected chi connectivity index (χ3v) is 5.31. The molecular weight excluding hydrogens is 288 g/mol. The standard InChI is InChI=1S/C11H18N2O4S2/c1-3-9-7-12-11(18-8-10(14)15)13(9)5-6-19(16,17)4-2/h7H,3-6,8H2,1-2H3,(H,14,15). The van der Waals surface area contributed by atoms with Crippen molar-refractivity contribution in [3.63, 3.8) is 0 Å². The van der Waals surface area contributed by atoms with Crippen molar-refractivity contribution in [1.82, 2.24) is 9.55 Å². The molecule has 0 amide bonds. The SMILES string of the molecule is CCc1cnc(SCC(=O)O)n1CCS(=O)(=O)CC. The van der Waals surface area contributed by atoms with Crippen LogP contribution < -0.4 is 0 Å². The summed E-state index contributed by atoms with van der Waals surface area (Å²) in [5.41, 5.74) is 0.916. The van der Waals surface area contributed by atoms with Crippen LogP contribution in [0.15, 0.2) is 11.4 Å². The fourth-order valence-corrected chi connectivity index (χ4v) is 3.02. The highest BCUT2D eigenvalue weighted by Crippen LogP contribution is 2.19. The van der Waals surface area contributed by atoms with Gasteiger partial charge in [-0.1, -0.05) is 25.6 Å². The summed E-state index contributed by atoms with van der Waals surface area (Å²) >= 11 is 1.11. The van der Waals surface area contributed by atoms with E-state index in [-0.39, 0.29) is 17.3 Å². The van der Waals surface area contributed by atoms with Gasteiger partial charge < -0.3 is 9.67 Å². The number of rotatable bonds is 8. The van der Waals surface area contributed by atoms with Gasteiger partial charge in [-0.15, -0.1) is 0 Å². The molecule has 0 aliphatic heterocycles. The predicted octanol–water partition coefficient (Wildman–Crippen LogP) is 1.06. The first kappa shape index (κ1) is 16.0.